The van der Waals surface area contributed by atoms with Gasteiger partial charge >= 0.3 is 0 Å². The maximum absolute atomic E-state index is 11.8. The van der Waals surface area contributed by atoms with Gasteiger partial charge in [-0.2, -0.15) is 0 Å². The maximum atomic E-state index is 11.8. The van der Waals surface area contributed by atoms with Gasteiger partial charge in [-0.1, -0.05) is 6.08 Å². The quantitative estimate of drug-likeness (QED) is 0.717. The minimum Gasteiger partial charge on any atom is -0.338 e. The molecular formula is C12H15N3O. The molecule has 0 bridgehead atoms. The first kappa shape index (κ1) is 10.8. The highest BCUT2D eigenvalue weighted by Gasteiger charge is 2.20. The highest BCUT2D eigenvalue weighted by Crippen LogP contribution is 2.16. The van der Waals surface area contributed by atoms with E-state index in [1.54, 1.807) is 18.6 Å². The second-order valence-corrected chi connectivity index (χ2v) is 3.89. The molecular weight excluding hydrogens is 202 g/mol. The van der Waals surface area contributed by atoms with Crippen LogP contribution >= 0.6 is 0 Å². The van der Waals surface area contributed by atoms with E-state index in [2.05, 4.69) is 16.5 Å². The van der Waals surface area contributed by atoms with Gasteiger partial charge in [-0.05, 0) is 6.42 Å². The van der Waals surface area contributed by atoms with E-state index in [4.69, 9.17) is 0 Å². The van der Waals surface area contributed by atoms with Gasteiger partial charge in [0.05, 0.1) is 5.69 Å². The van der Waals surface area contributed by atoms with E-state index in [9.17, 15) is 4.79 Å². The zero-order valence-corrected chi connectivity index (χ0v) is 9.22. The first-order valence-electron chi connectivity index (χ1n) is 5.47. The number of carbonyl (C=O) groups excluding carboxylic acids is 1. The molecule has 0 saturated carbocycles. The van der Waals surface area contributed by atoms with Crippen LogP contribution < -0.4 is 0 Å². The summed E-state index contributed by atoms with van der Waals surface area (Å²) in [4.78, 5) is 21.9. The molecule has 0 aromatic carbocycles. The van der Waals surface area contributed by atoms with Gasteiger partial charge in [-0.25, -0.2) is 9.97 Å². The summed E-state index contributed by atoms with van der Waals surface area (Å²) in [5.74, 6) is 0.189. The number of carbonyl (C=O) groups is 1. The molecule has 2 heterocycles. The van der Waals surface area contributed by atoms with Crippen molar-refractivity contribution >= 4 is 5.91 Å². The molecule has 84 valence electrons. The second-order valence-electron chi connectivity index (χ2n) is 3.89. The van der Waals surface area contributed by atoms with Crippen LogP contribution in [-0.4, -0.2) is 27.3 Å². The van der Waals surface area contributed by atoms with E-state index in [-0.39, 0.29) is 5.91 Å². The van der Waals surface area contributed by atoms with Crippen LogP contribution in [-0.2, 0) is 17.8 Å². The molecule has 0 aliphatic carbocycles. The number of nitrogens with zero attached hydrogens (tertiary/aromatic N) is 3. The van der Waals surface area contributed by atoms with Crippen LogP contribution in [0.25, 0.3) is 0 Å². The third kappa shape index (κ3) is 2.27. The molecule has 1 aromatic heterocycles. The van der Waals surface area contributed by atoms with Gasteiger partial charge in [-0.15, -0.1) is 6.58 Å². The van der Waals surface area contributed by atoms with Gasteiger partial charge in [-0.3, -0.25) is 4.79 Å². The molecule has 0 fully saturated rings. The van der Waals surface area contributed by atoms with Crippen LogP contribution in [0.1, 0.15) is 24.1 Å². The Morgan fingerprint density at radius 1 is 1.62 bits per heavy atom. The number of aromatic nitrogens is 2. The third-order valence-electron chi connectivity index (χ3n) is 2.78. The molecule has 0 spiro atoms. The Balaban J connectivity index is 2.02. The van der Waals surface area contributed by atoms with Crippen molar-refractivity contribution in [2.45, 2.75) is 25.8 Å². The second kappa shape index (κ2) is 4.88. The van der Waals surface area contributed by atoms with Gasteiger partial charge in [0.1, 0.15) is 6.33 Å². The Morgan fingerprint density at radius 3 is 3.31 bits per heavy atom. The number of fused-ring (bicyclic) bond motifs is 1. The Kier molecular flexibility index (Phi) is 3.29. The molecule has 4 nitrogen and oxygen atoms in total. The number of rotatable bonds is 3. The monoisotopic (exact) mass is 217 g/mol. The molecule has 0 N–H and O–H groups in total. The average Bonchev–Trinajstić information content (AvgIpc) is 2.35. The van der Waals surface area contributed by atoms with Crippen molar-refractivity contribution in [3.8, 4) is 0 Å². The lowest BCUT2D eigenvalue weighted by Gasteiger charge is -2.27. The summed E-state index contributed by atoms with van der Waals surface area (Å²) in [6, 6.07) is 0. The zero-order valence-electron chi connectivity index (χ0n) is 9.22. The highest BCUT2D eigenvalue weighted by atomic mass is 16.2. The number of amides is 1. The molecule has 2 rings (SSSR count). The van der Waals surface area contributed by atoms with E-state index >= 15 is 0 Å². The largest absolute Gasteiger partial charge is 0.338 e. The lowest BCUT2D eigenvalue weighted by Crippen LogP contribution is -2.36. The van der Waals surface area contributed by atoms with Crippen molar-refractivity contribution in [3.05, 3.63) is 36.4 Å². The fraction of sp³-hybridized carbons (Fsp3) is 0.417. The van der Waals surface area contributed by atoms with Crippen LogP contribution in [0.2, 0.25) is 0 Å². The maximum Gasteiger partial charge on any atom is 0.223 e. The minimum atomic E-state index is 0.189. The van der Waals surface area contributed by atoms with Crippen molar-refractivity contribution in [3.63, 3.8) is 0 Å². The molecule has 1 aliphatic rings. The summed E-state index contributed by atoms with van der Waals surface area (Å²) in [6.07, 6.45) is 7.26. The van der Waals surface area contributed by atoms with Gasteiger partial charge in [0.25, 0.3) is 0 Å². The Morgan fingerprint density at radius 2 is 2.50 bits per heavy atom. The van der Waals surface area contributed by atoms with Crippen LogP contribution in [0.15, 0.2) is 25.2 Å². The molecule has 0 radical (unpaired) electrons. The standard InChI is InChI=1S/C12H15N3O/c1-2-3-4-12(16)15-6-5-11-10(8-15)7-13-9-14-11/h2,7,9H,1,3-6,8H2. The highest BCUT2D eigenvalue weighted by molar-refractivity contribution is 5.76. The Bertz CT molecular complexity index is 403. The molecule has 4 heteroatoms. The van der Waals surface area contributed by atoms with E-state index in [1.165, 1.54) is 0 Å². The van der Waals surface area contributed by atoms with Gasteiger partial charge in [0, 0.05) is 37.7 Å². The topological polar surface area (TPSA) is 46.1 Å². The fourth-order valence-electron chi connectivity index (χ4n) is 1.86. The van der Waals surface area contributed by atoms with E-state index in [1.807, 2.05) is 4.90 Å². The molecule has 1 aromatic rings. The molecule has 0 unspecified atom stereocenters. The molecule has 1 amide bonds. The number of hydrogen-bond acceptors (Lipinski definition) is 3. The summed E-state index contributed by atoms with van der Waals surface area (Å²) in [5.41, 5.74) is 2.14. The van der Waals surface area contributed by atoms with Gasteiger partial charge < -0.3 is 4.90 Å². The van der Waals surface area contributed by atoms with Crippen LogP contribution in [0.4, 0.5) is 0 Å². The SMILES string of the molecule is C=CCCC(=O)N1CCc2ncncc2C1. The fourth-order valence-corrected chi connectivity index (χ4v) is 1.86. The molecule has 1 aliphatic heterocycles. The normalized spacial score (nSPS) is 14.4. The summed E-state index contributed by atoms with van der Waals surface area (Å²) in [6.45, 7) is 5.03. The van der Waals surface area contributed by atoms with Gasteiger partial charge in [0.2, 0.25) is 5.91 Å². The van der Waals surface area contributed by atoms with Gasteiger partial charge in [0.15, 0.2) is 0 Å². The van der Waals surface area contributed by atoms with Crippen molar-refractivity contribution in [1.82, 2.24) is 14.9 Å². The summed E-state index contributed by atoms with van der Waals surface area (Å²) in [7, 11) is 0. The number of hydrogen-bond donors (Lipinski definition) is 0. The van der Waals surface area contributed by atoms with Crippen molar-refractivity contribution in [2.75, 3.05) is 6.54 Å². The summed E-state index contributed by atoms with van der Waals surface area (Å²) >= 11 is 0. The van der Waals surface area contributed by atoms with Crippen LogP contribution in [0.5, 0.6) is 0 Å². The van der Waals surface area contributed by atoms with E-state index < -0.39 is 0 Å². The summed E-state index contributed by atoms with van der Waals surface area (Å²) in [5, 5.41) is 0. The molecule has 16 heavy (non-hydrogen) atoms. The Labute approximate surface area is 95.0 Å². The predicted molar refractivity (Wildman–Crippen MR) is 60.6 cm³/mol. The predicted octanol–water partition coefficient (Wildman–Crippen LogP) is 1.33. The van der Waals surface area contributed by atoms with Crippen LogP contribution in [0, 0.1) is 0 Å². The van der Waals surface area contributed by atoms with Crippen molar-refractivity contribution in [1.29, 1.82) is 0 Å². The third-order valence-corrected chi connectivity index (χ3v) is 2.78. The lowest BCUT2D eigenvalue weighted by atomic mass is 10.1. The van der Waals surface area contributed by atoms with Crippen molar-refractivity contribution < 1.29 is 4.79 Å². The average molecular weight is 217 g/mol. The zero-order chi connectivity index (χ0) is 11.4. The van der Waals surface area contributed by atoms with Crippen LogP contribution in [0.3, 0.4) is 0 Å². The first-order valence-corrected chi connectivity index (χ1v) is 5.47. The molecule has 0 saturated heterocycles. The number of allylic oxidation sites excluding steroid dienone is 1. The Hall–Kier alpha value is -1.71. The smallest absolute Gasteiger partial charge is 0.223 e. The first-order chi connectivity index (χ1) is 7.81. The lowest BCUT2D eigenvalue weighted by molar-refractivity contribution is -0.132. The van der Waals surface area contributed by atoms with Crippen molar-refractivity contribution in [2.24, 2.45) is 0 Å². The van der Waals surface area contributed by atoms with E-state index in [0.717, 1.165) is 30.6 Å². The molecule has 0 atom stereocenters. The summed E-state index contributed by atoms with van der Waals surface area (Å²) < 4.78 is 0. The van der Waals surface area contributed by atoms with E-state index in [0.29, 0.717) is 13.0 Å². The minimum absolute atomic E-state index is 0.189.